The molecule has 0 spiro atoms. The number of anilines is 1. The van der Waals surface area contributed by atoms with E-state index in [1.165, 1.54) is 11.3 Å². The van der Waals surface area contributed by atoms with Crippen LogP contribution >= 0.6 is 11.3 Å². The fourth-order valence-corrected chi connectivity index (χ4v) is 2.48. The molecule has 0 saturated heterocycles. The molecule has 0 aliphatic carbocycles. The number of amides is 1. The van der Waals surface area contributed by atoms with Gasteiger partial charge in [-0.25, -0.2) is 0 Å². The number of hydrogen-bond donors (Lipinski definition) is 0. The normalized spacial score (nSPS) is 12.5. The summed E-state index contributed by atoms with van der Waals surface area (Å²) < 4.78 is 10.5. The Morgan fingerprint density at radius 3 is 2.89 bits per heavy atom. The third-order valence-corrected chi connectivity index (χ3v) is 3.64. The maximum atomic E-state index is 12.2. The molecule has 1 aliphatic rings. The van der Waals surface area contributed by atoms with E-state index in [9.17, 15) is 4.79 Å². The first-order chi connectivity index (χ1) is 8.75. The van der Waals surface area contributed by atoms with Crippen molar-refractivity contribution in [3.05, 3.63) is 40.6 Å². The Labute approximate surface area is 108 Å². The molecule has 1 amide bonds. The van der Waals surface area contributed by atoms with Gasteiger partial charge >= 0.3 is 0 Å². The molecule has 0 unspecified atom stereocenters. The highest BCUT2D eigenvalue weighted by Crippen LogP contribution is 2.35. The molecule has 0 fully saturated rings. The molecule has 1 aromatic carbocycles. The summed E-state index contributed by atoms with van der Waals surface area (Å²) in [6.45, 7) is 0.237. The van der Waals surface area contributed by atoms with Crippen LogP contribution in [0.15, 0.2) is 35.7 Å². The van der Waals surface area contributed by atoms with Crippen molar-refractivity contribution in [2.75, 3.05) is 18.7 Å². The molecule has 0 atom stereocenters. The van der Waals surface area contributed by atoms with Crippen molar-refractivity contribution < 1.29 is 14.3 Å². The number of rotatable bonds is 2. The van der Waals surface area contributed by atoms with Crippen LogP contribution in [0.1, 0.15) is 9.67 Å². The van der Waals surface area contributed by atoms with E-state index < -0.39 is 0 Å². The Balaban J connectivity index is 1.88. The van der Waals surface area contributed by atoms with E-state index in [0.717, 1.165) is 16.3 Å². The van der Waals surface area contributed by atoms with Crippen LogP contribution in [0.3, 0.4) is 0 Å². The number of nitrogens with zero attached hydrogens (tertiary/aromatic N) is 1. The molecule has 0 bridgehead atoms. The second kappa shape index (κ2) is 4.34. The Kier molecular flexibility index (Phi) is 2.68. The summed E-state index contributed by atoms with van der Waals surface area (Å²) >= 11 is 1.43. The largest absolute Gasteiger partial charge is 0.454 e. The quantitative estimate of drug-likeness (QED) is 0.834. The van der Waals surface area contributed by atoms with Gasteiger partial charge in [0.2, 0.25) is 6.79 Å². The summed E-state index contributed by atoms with van der Waals surface area (Å²) in [7, 11) is 1.75. The van der Waals surface area contributed by atoms with Crippen LogP contribution in [-0.2, 0) is 0 Å². The van der Waals surface area contributed by atoms with Gasteiger partial charge in [0.1, 0.15) is 0 Å². The molecule has 0 radical (unpaired) electrons. The van der Waals surface area contributed by atoms with Gasteiger partial charge in [0.25, 0.3) is 5.91 Å². The lowest BCUT2D eigenvalue weighted by molar-refractivity contribution is 0.0997. The number of thiophene rings is 1. The lowest BCUT2D eigenvalue weighted by atomic mass is 10.2. The first-order valence-corrected chi connectivity index (χ1v) is 6.35. The lowest BCUT2D eigenvalue weighted by Gasteiger charge is -2.16. The standard InChI is InChI=1S/C13H11NO3S/c1-14(13(15)12-3-2-6-18-12)9-4-5-10-11(7-9)17-8-16-10/h2-7H,8H2,1H3. The number of fused-ring (bicyclic) bond motifs is 1. The van der Waals surface area contributed by atoms with Crippen molar-refractivity contribution in [3.63, 3.8) is 0 Å². The van der Waals surface area contributed by atoms with E-state index in [1.54, 1.807) is 11.9 Å². The fourth-order valence-electron chi connectivity index (χ4n) is 1.78. The second-order valence-corrected chi connectivity index (χ2v) is 4.83. The summed E-state index contributed by atoms with van der Waals surface area (Å²) in [5.41, 5.74) is 0.789. The minimum Gasteiger partial charge on any atom is -0.454 e. The molecule has 1 aromatic heterocycles. The maximum Gasteiger partial charge on any atom is 0.268 e. The first-order valence-electron chi connectivity index (χ1n) is 5.47. The Morgan fingerprint density at radius 2 is 2.11 bits per heavy atom. The monoisotopic (exact) mass is 261 g/mol. The lowest BCUT2D eigenvalue weighted by Crippen LogP contribution is -2.25. The van der Waals surface area contributed by atoms with Gasteiger partial charge in [0.15, 0.2) is 11.5 Å². The molecule has 1 aliphatic heterocycles. The second-order valence-electron chi connectivity index (χ2n) is 3.88. The number of hydrogen-bond acceptors (Lipinski definition) is 4. The maximum absolute atomic E-state index is 12.2. The summed E-state index contributed by atoms with van der Waals surface area (Å²) in [6.07, 6.45) is 0. The van der Waals surface area contributed by atoms with E-state index in [0.29, 0.717) is 5.75 Å². The van der Waals surface area contributed by atoms with Gasteiger partial charge in [-0.1, -0.05) is 6.07 Å². The van der Waals surface area contributed by atoms with Crippen LogP contribution in [0.5, 0.6) is 11.5 Å². The van der Waals surface area contributed by atoms with Gasteiger partial charge in [-0.15, -0.1) is 11.3 Å². The number of benzene rings is 1. The van der Waals surface area contributed by atoms with Crippen molar-refractivity contribution in [1.29, 1.82) is 0 Å². The smallest absolute Gasteiger partial charge is 0.268 e. The molecule has 3 rings (SSSR count). The zero-order valence-corrected chi connectivity index (χ0v) is 10.6. The van der Waals surface area contributed by atoms with Gasteiger partial charge in [0, 0.05) is 18.8 Å². The highest BCUT2D eigenvalue weighted by molar-refractivity contribution is 7.12. The third-order valence-electron chi connectivity index (χ3n) is 2.78. The Bertz CT molecular complexity index is 580. The zero-order chi connectivity index (χ0) is 12.5. The van der Waals surface area contributed by atoms with Crippen LogP contribution < -0.4 is 14.4 Å². The van der Waals surface area contributed by atoms with Gasteiger partial charge in [-0.05, 0) is 23.6 Å². The van der Waals surface area contributed by atoms with E-state index in [4.69, 9.17) is 9.47 Å². The number of carbonyl (C=O) groups is 1. The molecule has 2 heterocycles. The number of ether oxygens (including phenoxy) is 2. The summed E-state index contributed by atoms with van der Waals surface area (Å²) in [4.78, 5) is 14.5. The first kappa shape index (κ1) is 11.1. The van der Waals surface area contributed by atoms with Crippen molar-refractivity contribution in [1.82, 2.24) is 0 Å². The van der Waals surface area contributed by atoms with E-state index in [1.807, 2.05) is 35.7 Å². The van der Waals surface area contributed by atoms with Gasteiger partial charge in [-0.2, -0.15) is 0 Å². The van der Waals surface area contributed by atoms with Gasteiger partial charge in [-0.3, -0.25) is 4.79 Å². The summed E-state index contributed by atoms with van der Waals surface area (Å²) in [5, 5.41) is 1.89. The minimum absolute atomic E-state index is 0.0242. The molecular formula is C13H11NO3S. The van der Waals surface area contributed by atoms with Gasteiger partial charge < -0.3 is 14.4 Å². The topological polar surface area (TPSA) is 38.8 Å². The molecule has 2 aromatic rings. The molecule has 5 heteroatoms. The summed E-state index contributed by atoms with van der Waals surface area (Å²) in [6, 6.07) is 9.16. The SMILES string of the molecule is CN(C(=O)c1cccs1)c1ccc2c(c1)OCO2. The molecule has 4 nitrogen and oxygen atoms in total. The fraction of sp³-hybridized carbons (Fsp3) is 0.154. The third kappa shape index (κ3) is 1.82. The van der Waals surface area contributed by atoms with Crippen molar-refractivity contribution in [2.45, 2.75) is 0 Å². The van der Waals surface area contributed by atoms with Crippen LogP contribution in [0.2, 0.25) is 0 Å². The Morgan fingerprint density at radius 1 is 1.28 bits per heavy atom. The predicted molar refractivity (Wildman–Crippen MR) is 69.6 cm³/mol. The predicted octanol–water partition coefficient (Wildman–Crippen LogP) is 2.75. The van der Waals surface area contributed by atoms with Crippen LogP contribution in [0.4, 0.5) is 5.69 Å². The van der Waals surface area contributed by atoms with Crippen LogP contribution in [-0.4, -0.2) is 19.7 Å². The van der Waals surface area contributed by atoms with E-state index in [2.05, 4.69) is 0 Å². The summed E-state index contributed by atoms with van der Waals surface area (Å²) in [5.74, 6) is 1.37. The van der Waals surface area contributed by atoms with Crippen LogP contribution in [0, 0.1) is 0 Å². The highest BCUT2D eigenvalue weighted by Gasteiger charge is 2.18. The van der Waals surface area contributed by atoms with Crippen molar-refractivity contribution in [2.24, 2.45) is 0 Å². The molecule has 0 N–H and O–H groups in total. The van der Waals surface area contributed by atoms with Crippen LogP contribution in [0.25, 0.3) is 0 Å². The Hall–Kier alpha value is -2.01. The molecular weight excluding hydrogens is 250 g/mol. The molecule has 18 heavy (non-hydrogen) atoms. The average Bonchev–Trinajstić information content (AvgIpc) is 3.06. The average molecular weight is 261 g/mol. The van der Waals surface area contributed by atoms with E-state index >= 15 is 0 Å². The highest BCUT2D eigenvalue weighted by atomic mass is 32.1. The van der Waals surface area contributed by atoms with Gasteiger partial charge in [0.05, 0.1) is 4.88 Å². The minimum atomic E-state index is -0.0242. The van der Waals surface area contributed by atoms with Crippen molar-refractivity contribution in [3.8, 4) is 11.5 Å². The van der Waals surface area contributed by atoms with Crippen molar-refractivity contribution >= 4 is 22.9 Å². The molecule has 0 saturated carbocycles. The molecule has 92 valence electrons. The zero-order valence-electron chi connectivity index (χ0n) is 9.75. The number of carbonyl (C=O) groups excluding carboxylic acids is 1. The van der Waals surface area contributed by atoms with E-state index in [-0.39, 0.29) is 12.7 Å².